The standard InChI is InChI=1S/C24H40N2O7/c1-18(25-23(28)33-24(2,3)4)22(27)26(15-21(30-6)31-7)20(17-29-5)13-14-32-16-19-11-9-8-10-12-19/h8-12,18,20-21H,13-17H2,1-7H3,(H,25,28). The molecule has 0 aromatic heterocycles. The highest BCUT2D eigenvalue weighted by Crippen LogP contribution is 2.13. The minimum absolute atomic E-state index is 0.166. The largest absolute Gasteiger partial charge is 0.444 e. The van der Waals surface area contributed by atoms with E-state index in [0.29, 0.717) is 26.2 Å². The molecular weight excluding hydrogens is 428 g/mol. The zero-order chi connectivity index (χ0) is 24.9. The van der Waals surface area contributed by atoms with Crippen molar-refractivity contribution in [3.63, 3.8) is 0 Å². The van der Waals surface area contributed by atoms with Crippen LogP contribution in [0, 0.1) is 0 Å². The van der Waals surface area contributed by atoms with Gasteiger partial charge in [0.25, 0.3) is 0 Å². The van der Waals surface area contributed by atoms with Crippen molar-refractivity contribution in [2.45, 2.75) is 64.7 Å². The van der Waals surface area contributed by atoms with Gasteiger partial charge >= 0.3 is 6.09 Å². The second kappa shape index (κ2) is 14.8. The SMILES string of the molecule is COCC(CCOCc1ccccc1)N(CC(OC)OC)C(=O)C(C)NC(=O)OC(C)(C)C. The minimum atomic E-state index is -0.821. The van der Waals surface area contributed by atoms with Crippen LogP contribution in [0.1, 0.15) is 39.7 Å². The molecule has 0 spiro atoms. The molecule has 2 amide bonds. The topological polar surface area (TPSA) is 95.6 Å². The molecule has 9 nitrogen and oxygen atoms in total. The van der Waals surface area contributed by atoms with Crippen LogP contribution in [-0.2, 0) is 35.1 Å². The first kappa shape index (κ1) is 28.8. The quantitative estimate of drug-likeness (QED) is 0.331. The predicted octanol–water partition coefficient (Wildman–Crippen LogP) is 2.97. The van der Waals surface area contributed by atoms with Crippen molar-refractivity contribution in [1.29, 1.82) is 0 Å². The summed E-state index contributed by atoms with van der Waals surface area (Å²) in [5.41, 5.74) is 0.404. The van der Waals surface area contributed by atoms with E-state index in [1.54, 1.807) is 39.7 Å². The average molecular weight is 469 g/mol. The monoisotopic (exact) mass is 468 g/mol. The summed E-state index contributed by atoms with van der Waals surface area (Å²) in [6.45, 7) is 8.25. The van der Waals surface area contributed by atoms with Crippen molar-refractivity contribution in [2.75, 3.05) is 41.1 Å². The maximum absolute atomic E-state index is 13.3. The van der Waals surface area contributed by atoms with Crippen LogP contribution in [0.5, 0.6) is 0 Å². The molecule has 2 unspecified atom stereocenters. The number of carbonyl (C=O) groups is 2. The van der Waals surface area contributed by atoms with E-state index in [1.165, 1.54) is 14.2 Å². The molecule has 1 N–H and O–H groups in total. The summed E-state index contributed by atoms with van der Waals surface area (Å²) in [7, 11) is 4.59. The van der Waals surface area contributed by atoms with E-state index in [4.69, 9.17) is 23.7 Å². The molecule has 9 heteroatoms. The highest BCUT2D eigenvalue weighted by Gasteiger charge is 2.31. The van der Waals surface area contributed by atoms with Gasteiger partial charge in [-0.2, -0.15) is 0 Å². The second-order valence-corrected chi connectivity index (χ2v) is 8.70. The van der Waals surface area contributed by atoms with Crippen molar-refractivity contribution in [2.24, 2.45) is 0 Å². The first-order valence-corrected chi connectivity index (χ1v) is 11.1. The Hall–Kier alpha value is -2.20. The lowest BCUT2D eigenvalue weighted by Crippen LogP contribution is -2.55. The van der Waals surface area contributed by atoms with Gasteiger partial charge in [0.1, 0.15) is 11.6 Å². The highest BCUT2D eigenvalue weighted by molar-refractivity contribution is 5.85. The van der Waals surface area contributed by atoms with Gasteiger partial charge in [-0.25, -0.2) is 4.79 Å². The number of nitrogens with one attached hydrogen (secondary N) is 1. The van der Waals surface area contributed by atoms with E-state index in [2.05, 4.69) is 5.32 Å². The minimum Gasteiger partial charge on any atom is -0.444 e. The summed E-state index contributed by atoms with van der Waals surface area (Å²) in [4.78, 5) is 27.1. The Balaban J connectivity index is 2.86. The molecule has 188 valence electrons. The fourth-order valence-electron chi connectivity index (χ4n) is 3.12. The third kappa shape index (κ3) is 11.5. The third-order valence-corrected chi connectivity index (χ3v) is 4.77. The highest BCUT2D eigenvalue weighted by atomic mass is 16.7. The maximum atomic E-state index is 13.3. The molecule has 0 saturated heterocycles. The zero-order valence-corrected chi connectivity index (χ0v) is 21.0. The Kier molecular flexibility index (Phi) is 13.0. The third-order valence-electron chi connectivity index (χ3n) is 4.77. The number of alkyl carbamates (subject to hydrolysis) is 1. The first-order valence-electron chi connectivity index (χ1n) is 11.1. The van der Waals surface area contributed by atoms with E-state index < -0.39 is 24.0 Å². The van der Waals surface area contributed by atoms with Crippen LogP contribution >= 0.6 is 0 Å². The maximum Gasteiger partial charge on any atom is 0.408 e. The Labute approximate surface area is 197 Å². The molecule has 0 aliphatic rings. The molecule has 0 aliphatic heterocycles. The fraction of sp³-hybridized carbons (Fsp3) is 0.667. The Morgan fingerprint density at radius 2 is 1.70 bits per heavy atom. The first-order chi connectivity index (χ1) is 15.6. The summed E-state index contributed by atoms with van der Waals surface area (Å²) in [6.07, 6.45) is -0.758. The lowest BCUT2D eigenvalue weighted by Gasteiger charge is -2.35. The predicted molar refractivity (Wildman–Crippen MR) is 125 cm³/mol. The van der Waals surface area contributed by atoms with Crippen molar-refractivity contribution >= 4 is 12.0 Å². The van der Waals surface area contributed by atoms with E-state index >= 15 is 0 Å². The van der Waals surface area contributed by atoms with Crippen LogP contribution in [0.15, 0.2) is 30.3 Å². The number of methoxy groups -OCH3 is 3. The molecule has 33 heavy (non-hydrogen) atoms. The van der Waals surface area contributed by atoms with E-state index in [1.807, 2.05) is 30.3 Å². The summed E-state index contributed by atoms with van der Waals surface area (Å²) < 4.78 is 27.1. The van der Waals surface area contributed by atoms with Crippen LogP contribution in [-0.4, -0.2) is 82.0 Å². The summed E-state index contributed by atoms with van der Waals surface area (Å²) in [5.74, 6) is -0.301. The van der Waals surface area contributed by atoms with Crippen molar-refractivity contribution in [1.82, 2.24) is 10.2 Å². The van der Waals surface area contributed by atoms with Gasteiger partial charge in [-0.1, -0.05) is 30.3 Å². The normalized spacial score (nSPS) is 13.5. The molecule has 0 bridgehead atoms. The second-order valence-electron chi connectivity index (χ2n) is 8.70. The van der Waals surface area contributed by atoms with Gasteiger partial charge < -0.3 is 33.9 Å². The molecule has 1 rings (SSSR count). The van der Waals surface area contributed by atoms with Crippen molar-refractivity contribution in [3.8, 4) is 0 Å². The van der Waals surface area contributed by atoms with E-state index in [9.17, 15) is 9.59 Å². The molecule has 0 fully saturated rings. The number of nitrogens with zero attached hydrogens (tertiary/aromatic N) is 1. The van der Waals surface area contributed by atoms with Gasteiger partial charge in [0, 0.05) is 27.9 Å². The molecule has 0 saturated carbocycles. The lowest BCUT2D eigenvalue weighted by molar-refractivity contribution is -0.153. The van der Waals surface area contributed by atoms with E-state index in [-0.39, 0.29) is 18.5 Å². The smallest absolute Gasteiger partial charge is 0.408 e. The van der Waals surface area contributed by atoms with Crippen LogP contribution in [0.3, 0.4) is 0 Å². The van der Waals surface area contributed by atoms with Gasteiger partial charge in [0.05, 0.1) is 25.8 Å². The average Bonchev–Trinajstić information content (AvgIpc) is 2.76. The number of amides is 2. The van der Waals surface area contributed by atoms with Crippen molar-refractivity contribution < 1.29 is 33.3 Å². The Morgan fingerprint density at radius 1 is 1.06 bits per heavy atom. The molecule has 1 aromatic rings. The van der Waals surface area contributed by atoms with Crippen LogP contribution in [0.25, 0.3) is 0 Å². The molecule has 1 aromatic carbocycles. The van der Waals surface area contributed by atoms with Gasteiger partial charge in [0.2, 0.25) is 5.91 Å². The number of ether oxygens (including phenoxy) is 5. The summed E-state index contributed by atoms with van der Waals surface area (Å²) >= 11 is 0. The van der Waals surface area contributed by atoms with E-state index in [0.717, 1.165) is 5.56 Å². The number of benzene rings is 1. The molecule has 0 heterocycles. The Bertz CT molecular complexity index is 690. The van der Waals surface area contributed by atoms with Gasteiger partial charge in [-0.3, -0.25) is 4.79 Å². The number of carbonyl (C=O) groups excluding carboxylic acids is 2. The number of hydrogen-bond acceptors (Lipinski definition) is 7. The zero-order valence-electron chi connectivity index (χ0n) is 21.0. The van der Waals surface area contributed by atoms with Gasteiger partial charge in [0.15, 0.2) is 6.29 Å². The van der Waals surface area contributed by atoms with Crippen LogP contribution in [0.2, 0.25) is 0 Å². The number of rotatable bonds is 14. The summed E-state index contributed by atoms with van der Waals surface area (Å²) in [6, 6.07) is 8.73. The van der Waals surface area contributed by atoms with Crippen LogP contribution < -0.4 is 5.32 Å². The molecule has 2 atom stereocenters. The molecular formula is C24H40N2O7. The lowest BCUT2D eigenvalue weighted by atomic mass is 10.1. The summed E-state index contributed by atoms with van der Waals surface area (Å²) in [5, 5.41) is 2.61. The van der Waals surface area contributed by atoms with Crippen LogP contribution in [0.4, 0.5) is 4.79 Å². The fourth-order valence-corrected chi connectivity index (χ4v) is 3.12. The molecule has 0 aliphatic carbocycles. The number of hydrogen-bond donors (Lipinski definition) is 1. The Morgan fingerprint density at radius 3 is 2.24 bits per heavy atom. The van der Waals surface area contributed by atoms with Crippen molar-refractivity contribution in [3.05, 3.63) is 35.9 Å². The van der Waals surface area contributed by atoms with Gasteiger partial charge in [-0.05, 0) is 39.7 Å². The van der Waals surface area contributed by atoms with Gasteiger partial charge in [-0.15, -0.1) is 0 Å². The molecule has 0 radical (unpaired) electrons.